The third-order valence-electron chi connectivity index (χ3n) is 2.48. The van der Waals surface area contributed by atoms with Crippen LogP contribution in [0.1, 0.15) is 18.5 Å². The molecular formula is C12H14N2. The second-order valence-corrected chi connectivity index (χ2v) is 3.58. The Kier molecular flexibility index (Phi) is 2.14. The minimum atomic E-state index is 0.0421. The standard InChI is InChI=1S/C12H14N2/c1-8(13)9-4-2-6-11-10(9)5-3-7-12(11)14/h2-8H,13-14H2,1H3. The molecule has 1 atom stereocenters. The smallest absolute Gasteiger partial charge is 0.0393 e. The van der Waals surface area contributed by atoms with Crippen LogP contribution in [0, 0.1) is 0 Å². The Labute approximate surface area is 83.5 Å². The zero-order chi connectivity index (χ0) is 10.1. The molecule has 14 heavy (non-hydrogen) atoms. The highest BCUT2D eigenvalue weighted by molar-refractivity contribution is 5.95. The molecule has 72 valence electrons. The number of nitrogens with two attached hydrogens (primary N) is 2. The van der Waals surface area contributed by atoms with Crippen molar-refractivity contribution < 1.29 is 0 Å². The Morgan fingerprint density at radius 3 is 2.36 bits per heavy atom. The monoisotopic (exact) mass is 186 g/mol. The summed E-state index contributed by atoms with van der Waals surface area (Å²) in [7, 11) is 0. The van der Waals surface area contributed by atoms with Crippen LogP contribution in [0.15, 0.2) is 36.4 Å². The van der Waals surface area contributed by atoms with Crippen LogP contribution < -0.4 is 11.5 Å². The minimum absolute atomic E-state index is 0.0421. The lowest BCUT2D eigenvalue weighted by Crippen LogP contribution is -2.05. The van der Waals surface area contributed by atoms with Crippen LogP contribution in [0.2, 0.25) is 0 Å². The Balaban J connectivity index is 2.81. The van der Waals surface area contributed by atoms with E-state index >= 15 is 0 Å². The summed E-state index contributed by atoms with van der Waals surface area (Å²) >= 11 is 0. The maximum absolute atomic E-state index is 5.89. The predicted molar refractivity (Wildman–Crippen MR) is 61.0 cm³/mol. The van der Waals surface area contributed by atoms with Gasteiger partial charge in [0.1, 0.15) is 0 Å². The topological polar surface area (TPSA) is 52.0 Å². The highest BCUT2D eigenvalue weighted by Gasteiger charge is 2.05. The summed E-state index contributed by atoms with van der Waals surface area (Å²) in [5, 5.41) is 2.24. The zero-order valence-corrected chi connectivity index (χ0v) is 8.20. The summed E-state index contributed by atoms with van der Waals surface area (Å²) in [5.41, 5.74) is 13.7. The summed E-state index contributed by atoms with van der Waals surface area (Å²) in [5.74, 6) is 0. The predicted octanol–water partition coefficient (Wildman–Crippen LogP) is 2.44. The third kappa shape index (κ3) is 1.34. The maximum atomic E-state index is 5.89. The second kappa shape index (κ2) is 3.31. The Morgan fingerprint density at radius 2 is 1.64 bits per heavy atom. The van der Waals surface area contributed by atoms with Crippen molar-refractivity contribution in [2.45, 2.75) is 13.0 Å². The molecule has 0 aromatic heterocycles. The van der Waals surface area contributed by atoms with Gasteiger partial charge in [-0.2, -0.15) is 0 Å². The van der Waals surface area contributed by atoms with Crippen molar-refractivity contribution >= 4 is 16.5 Å². The molecule has 0 saturated heterocycles. The first-order valence-corrected chi connectivity index (χ1v) is 4.73. The van der Waals surface area contributed by atoms with Gasteiger partial charge in [-0.15, -0.1) is 0 Å². The lowest BCUT2D eigenvalue weighted by molar-refractivity contribution is 0.827. The molecule has 2 aromatic rings. The van der Waals surface area contributed by atoms with E-state index in [0.29, 0.717) is 0 Å². The summed E-state index contributed by atoms with van der Waals surface area (Å²) < 4.78 is 0. The molecule has 0 aliphatic heterocycles. The number of hydrogen-bond donors (Lipinski definition) is 2. The molecule has 0 bridgehead atoms. The molecule has 2 nitrogen and oxygen atoms in total. The number of rotatable bonds is 1. The summed E-state index contributed by atoms with van der Waals surface area (Å²) in [4.78, 5) is 0. The van der Waals surface area contributed by atoms with Crippen LogP contribution in [0.4, 0.5) is 5.69 Å². The highest BCUT2D eigenvalue weighted by atomic mass is 14.6. The molecule has 2 aromatic carbocycles. The van der Waals surface area contributed by atoms with E-state index in [1.807, 2.05) is 37.3 Å². The first-order chi connectivity index (χ1) is 6.70. The fraction of sp³-hybridized carbons (Fsp3) is 0.167. The van der Waals surface area contributed by atoms with Gasteiger partial charge >= 0.3 is 0 Å². The summed E-state index contributed by atoms with van der Waals surface area (Å²) in [6, 6.07) is 12.0. The molecule has 0 heterocycles. The molecule has 1 unspecified atom stereocenters. The largest absolute Gasteiger partial charge is 0.398 e. The van der Waals surface area contributed by atoms with Gasteiger partial charge in [-0.1, -0.05) is 30.3 Å². The minimum Gasteiger partial charge on any atom is -0.398 e. The van der Waals surface area contributed by atoms with Gasteiger partial charge in [0.15, 0.2) is 0 Å². The van der Waals surface area contributed by atoms with E-state index in [0.717, 1.165) is 22.0 Å². The lowest BCUT2D eigenvalue weighted by atomic mass is 9.99. The Bertz CT molecular complexity index is 461. The van der Waals surface area contributed by atoms with Crippen LogP contribution in [0.3, 0.4) is 0 Å². The quantitative estimate of drug-likeness (QED) is 0.672. The van der Waals surface area contributed by atoms with Crippen molar-refractivity contribution in [2.75, 3.05) is 5.73 Å². The number of hydrogen-bond acceptors (Lipinski definition) is 2. The third-order valence-corrected chi connectivity index (χ3v) is 2.48. The highest BCUT2D eigenvalue weighted by Crippen LogP contribution is 2.26. The van der Waals surface area contributed by atoms with Gasteiger partial charge in [0.05, 0.1) is 0 Å². The average molecular weight is 186 g/mol. The van der Waals surface area contributed by atoms with Gasteiger partial charge in [0, 0.05) is 17.1 Å². The van der Waals surface area contributed by atoms with Gasteiger partial charge in [-0.3, -0.25) is 0 Å². The molecule has 4 N–H and O–H groups in total. The number of benzene rings is 2. The fourth-order valence-corrected chi connectivity index (χ4v) is 1.76. The van der Waals surface area contributed by atoms with E-state index < -0.39 is 0 Å². The molecule has 0 aliphatic carbocycles. The van der Waals surface area contributed by atoms with Crippen LogP contribution in [0.25, 0.3) is 10.8 Å². The van der Waals surface area contributed by atoms with E-state index in [-0.39, 0.29) is 6.04 Å². The first kappa shape index (κ1) is 9.03. The molecule has 2 heteroatoms. The molecule has 2 rings (SSSR count). The molecule has 0 aliphatic rings. The van der Waals surface area contributed by atoms with Crippen LogP contribution in [-0.4, -0.2) is 0 Å². The van der Waals surface area contributed by atoms with Gasteiger partial charge in [-0.05, 0) is 23.9 Å². The molecule has 0 fully saturated rings. The fourth-order valence-electron chi connectivity index (χ4n) is 1.76. The van der Waals surface area contributed by atoms with Crippen LogP contribution in [-0.2, 0) is 0 Å². The summed E-state index contributed by atoms with van der Waals surface area (Å²) in [6.07, 6.45) is 0. The maximum Gasteiger partial charge on any atom is 0.0393 e. The average Bonchev–Trinajstić information content (AvgIpc) is 2.17. The van der Waals surface area contributed by atoms with E-state index in [4.69, 9.17) is 11.5 Å². The van der Waals surface area contributed by atoms with Gasteiger partial charge < -0.3 is 11.5 Å². The van der Waals surface area contributed by atoms with E-state index in [1.165, 1.54) is 0 Å². The Morgan fingerprint density at radius 1 is 1.00 bits per heavy atom. The number of nitrogen functional groups attached to an aromatic ring is 1. The van der Waals surface area contributed by atoms with Crippen molar-refractivity contribution in [3.05, 3.63) is 42.0 Å². The molecule has 0 saturated carbocycles. The van der Waals surface area contributed by atoms with E-state index in [1.54, 1.807) is 0 Å². The van der Waals surface area contributed by atoms with Crippen molar-refractivity contribution in [1.82, 2.24) is 0 Å². The molecule has 0 radical (unpaired) electrons. The zero-order valence-electron chi connectivity index (χ0n) is 8.20. The number of anilines is 1. The van der Waals surface area contributed by atoms with Crippen molar-refractivity contribution in [2.24, 2.45) is 5.73 Å². The van der Waals surface area contributed by atoms with Gasteiger partial charge in [0.25, 0.3) is 0 Å². The van der Waals surface area contributed by atoms with Crippen LogP contribution in [0.5, 0.6) is 0 Å². The Hall–Kier alpha value is -1.54. The second-order valence-electron chi connectivity index (χ2n) is 3.58. The molecule has 0 spiro atoms. The van der Waals surface area contributed by atoms with Gasteiger partial charge in [0.2, 0.25) is 0 Å². The van der Waals surface area contributed by atoms with Crippen molar-refractivity contribution in [3.8, 4) is 0 Å². The van der Waals surface area contributed by atoms with Crippen molar-refractivity contribution in [3.63, 3.8) is 0 Å². The van der Waals surface area contributed by atoms with Crippen LogP contribution >= 0.6 is 0 Å². The first-order valence-electron chi connectivity index (χ1n) is 4.73. The van der Waals surface area contributed by atoms with E-state index in [9.17, 15) is 0 Å². The molecular weight excluding hydrogens is 172 g/mol. The lowest BCUT2D eigenvalue weighted by Gasteiger charge is -2.10. The van der Waals surface area contributed by atoms with E-state index in [2.05, 4.69) is 6.07 Å². The number of fused-ring (bicyclic) bond motifs is 1. The SMILES string of the molecule is CC(N)c1cccc2c(N)cccc12. The normalized spacial score (nSPS) is 13.0. The summed E-state index contributed by atoms with van der Waals surface area (Å²) in [6.45, 7) is 1.98. The van der Waals surface area contributed by atoms with Gasteiger partial charge in [-0.25, -0.2) is 0 Å². The molecule has 0 amide bonds. The van der Waals surface area contributed by atoms with Crippen molar-refractivity contribution in [1.29, 1.82) is 0 Å².